The number of hydrogen-bond donors (Lipinski definition) is 0. The van der Waals surface area contributed by atoms with Crippen molar-refractivity contribution in [3.8, 4) is 0 Å². The molecule has 0 N–H and O–H groups in total. The molecule has 14 heavy (non-hydrogen) atoms. The molecule has 0 aromatic rings. The smallest absolute Gasteiger partial charge is 0.235 e. The minimum atomic E-state index is 0. The molecule has 0 radical (unpaired) electrons. The van der Waals surface area contributed by atoms with Crippen molar-refractivity contribution in [3.63, 3.8) is 0 Å². The van der Waals surface area contributed by atoms with E-state index in [1.54, 1.807) is 0 Å². The topological polar surface area (TPSA) is 0 Å². The van der Waals surface area contributed by atoms with Crippen LogP contribution in [0.25, 0.3) is 0 Å². The minimum absolute atomic E-state index is 0. The van der Waals surface area contributed by atoms with Crippen molar-refractivity contribution in [3.05, 3.63) is 0 Å². The van der Waals surface area contributed by atoms with Crippen LogP contribution < -0.4 is 24.0 Å². The van der Waals surface area contributed by atoms with Crippen LogP contribution in [0.15, 0.2) is 0 Å². The molecule has 0 atom stereocenters. The number of rotatable bonds is 8. The number of halogens is 1. The Morgan fingerprint density at radius 2 is 0.786 bits per heavy atom. The zero-order valence-electron chi connectivity index (χ0n) is 10.6. The second-order valence-electron chi connectivity index (χ2n) is 4.24. The highest BCUT2D eigenvalue weighted by Gasteiger charge is 2.22. The Labute approximate surface area is 108 Å². The first-order valence-electron chi connectivity index (χ1n) is 6.09. The average Bonchev–Trinajstić information content (AvgIpc) is 2.06. The first-order valence-corrected chi connectivity index (χ1v) is 6.09. The van der Waals surface area contributed by atoms with Crippen molar-refractivity contribution in [2.45, 2.75) is 53.4 Å². The van der Waals surface area contributed by atoms with E-state index >= 15 is 0 Å². The lowest BCUT2D eigenvalue weighted by Gasteiger charge is -2.38. The molecule has 0 aliphatic rings. The molecular formula is C12H30IN+2. The fourth-order valence-electron chi connectivity index (χ4n) is 2.57. The van der Waals surface area contributed by atoms with Gasteiger partial charge in [0.25, 0.3) is 0 Å². The maximum atomic E-state index is 2.31. The van der Waals surface area contributed by atoms with Crippen LogP contribution >= 0.6 is 0 Å². The summed E-state index contributed by atoms with van der Waals surface area (Å²) >= 11 is 0. The van der Waals surface area contributed by atoms with Gasteiger partial charge in [-0.2, -0.15) is 0 Å². The van der Waals surface area contributed by atoms with Crippen LogP contribution in [0, 0.1) is 0 Å². The number of nitrogens with zero attached hydrogens (tertiary/aromatic N) is 1. The maximum Gasteiger partial charge on any atom is 0.235 e. The van der Waals surface area contributed by atoms with Crippen LogP contribution in [0.3, 0.4) is 0 Å². The molecule has 1 nitrogen and oxygen atoms in total. The lowest BCUT2D eigenvalue weighted by atomic mass is 10.2. The summed E-state index contributed by atoms with van der Waals surface area (Å²) in [6.07, 6.45) is 5.33. The summed E-state index contributed by atoms with van der Waals surface area (Å²) in [6.45, 7) is 14.8. The number of quaternary nitrogens is 1. The monoisotopic (exact) mass is 315 g/mol. The van der Waals surface area contributed by atoms with Gasteiger partial charge in [0.15, 0.2) is 0 Å². The summed E-state index contributed by atoms with van der Waals surface area (Å²) in [6, 6.07) is 0. The van der Waals surface area contributed by atoms with Crippen molar-refractivity contribution in [2.75, 3.05) is 26.2 Å². The summed E-state index contributed by atoms with van der Waals surface area (Å²) in [7, 11) is 0. The van der Waals surface area contributed by atoms with E-state index in [4.69, 9.17) is 0 Å². The summed E-state index contributed by atoms with van der Waals surface area (Å²) in [5, 5.41) is 0. The normalized spacial score (nSPS) is 11.1. The molecule has 2 heteroatoms. The molecule has 0 aliphatic heterocycles. The summed E-state index contributed by atoms with van der Waals surface area (Å²) in [5.41, 5.74) is 0. The van der Waals surface area contributed by atoms with Crippen LogP contribution in [0.5, 0.6) is 0 Å². The molecule has 0 saturated carbocycles. The van der Waals surface area contributed by atoms with Gasteiger partial charge in [-0.05, 0) is 25.7 Å². The van der Waals surface area contributed by atoms with Gasteiger partial charge >= 0.3 is 0 Å². The highest BCUT2D eigenvalue weighted by atomic mass is 127. The van der Waals surface area contributed by atoms with E-state index in [0.717, 1.165) is 0 Å². The number of hydrogen-bond acceptors (Lipinski definition) is 0. The zero-order valence-corrected chi connectivity index (χ0v) is 13.1. The van der Waals surface area contributed by atoms with Crippen LogP contribution in [0.1, 0.15) is 53.4 Å². The Hall–Kier alpha value is 0.690. The molecule has 88 valence electrons. The van der Waals surface area contributed by atoms with Crippen LogP contribution in [-0.4, -0.2) is 30.7 Å². The largest absolute Gasteiger partial charge is 0.324 e. The van der Waals surface area contributed by atoms with Gasteiger partial charge in [0.2, 0.25) is 24.0 Å². The molecule has 0 unspecified atom stereocenters. The molecule has 0 amide bonds. The third kappa shape index (κ3) is 6.23. The SMILES string of the molecule is CCC[N+](CCC)(CCC)CCC.[IH2+]. The quantitative estimate of drug-likeness (QED) is 0.434. The molecule has 0 aliphatic carbocycles. The predicted octanol–water partition coefficient (Wildman–Crippen LogP) is -0.0882. The van der Waals surface area contributed by atoms with Gasteiger partial charge in [0.05, 0.1) is 26.2 Å². The van der Waals surface area contributed by atoms with E-state index < -0.39 is 0 Å². The van der Waals surface area contributed by atoms with E-state index in [1.807, 2.05) is 0 Å². The summed E-state index contributed by atoms with van der Waals surface area (Å²) in [4.78, 5) is 0. The van der Waals surface area contributed by atoms with Crippen molar-refractivity contribution in [1.82, 2.24) is 0 Å². The van der Waals surface area contributed by atoms with Crippen molar-refractivity contribution >= 4 is 0 Å². The first-order chi connectivity index (χ1) is 6.24. The molecule has 0 spiro atoms. The minimum Gasteiger partial charge on any atom is -0.324 e. The lowest BCUT2D eigenvalue weighted by Crippen LogP contribution is -3.00. The molecule has 0 heterocycles. The van der Waals surface area contributed by atoms with Gasteiger partial charge in [-0.25, -0.2) is 0 Å². The van der Waals surface area contributed by atoms with Gasteiger partial charge in [-0.15, -0.1) is 0 Å². The van der Waals surface area contributed by atoms with Crippen LogP contribution in [0.4, 0.5) is 0 Å². The van der Waals surface area contributed by atoms with Gasteiger partial charge in [0, 0.05) is 0 Å². The second-order valence-corrected chi connectivity index (χ2v) is 4.24. The van der Waals surface area contributed by atoms with Gasteiger partial charge in [0.1, 0.15) is 0 Å². The van der Waals surface area contributed by atoms with Crippen molar-refractivity contribution in [2.24, 2.45) is 0 Å². The average molecular weight is 315 g/mol. The Morgan fingerprint density at radius 3 is 0.929 bits per heavy atom. The molecule has 0 aromatic carbocycles. The van der Waals surface area contributed by atoms with Crippen LogP contribution in [-0.2, 0) is 0 Å². The third-order valence-corrected chi connectivity index (χ3v) is 2.79. The maximum absolute atomic E-state index is 2.31. The molecule has 0 fully saturated rings. The van der Waals surface area contributed by atoms with Crippen molar-refractivity contribution in [1.29, 1.82) is 0 Å². The fraction of sp³-hybridized carbons (Fsp3) is 1.00. The van der Waals surface area contributed by atoms with E-state index in [2.05, 4.69) is 27.7 Å². The molecule has 0 saturated heterocycles. The predicted molar refractivity (Wildman–Crippen MR) is 63.7 cm³/mol. The van der Waals surface area contributed by atoms with Crippen molar-refractivity contribution < 1.29 is 28.5 Å². The Morgan fingerprint density at radius 1 is 0.571 bits per heavy atom. The highest BCUT2D eigenvalue weighted by Crippen LogP contribution is 2.12. The van der Waals surface area contributed by atoms with Gasteiger partial charge < -0.3 is 4.48 Å². The van der Waals surface area contributed by atoms with E-state index in [-0.39, 0.29) is 24.0 Å². The van der Waals surface area contributed by atoms with Gasteiger partial charge in [-0.3, -0.25) is 0 Å². The lowest BCUT2D eigenvalue weighted by molar-refractivity contribution is -0.928. The Balaban J connectivity index is 0. The third-order valence-electron chi connectivity index (χ3n) is 2.79. The standard InChI is InChI=1S/C12H28N.H2I/c1-5-9-13(10-6-2,11-7-3)12-8-4;/h5-12H2,1-4H3;1H2/q2*+1. The fourth-order valence-corrected chi connectivity index (χ4v) is 2.57. The van der Waals surface area contributed by atoms with E-state index in [0.29, 0.717) is 0 Å². The Bertz CT molecular complexity index is 85.4. The summed E-state index contributed by atoms with van der Waals surface area (Å²) < 4.78 is 1.38. The van der Waals surface area contributed by atoms with E-state index in [1.165, 1.54) is 56.3 Å². The zero-order chi connectivity index (χ0) is 10.2. The molecule has 0 bridgehead atoms. The molecule has 0 rings (SSSR count). The first kappa shape index (κ1) is 17.1. The molecular weight excluding hydrogens is 285 g/mol. The highest BCUT2D eigenvalue weighted by molar-refractivity contribution is 4.43. The van der Waals surface area contributed by atoms with Crippen LogP contribution in [0.2, 0.25) is 0 Å². The second kappa shape index (κ2) is 10.2. The summed E-state index contributed by atoms with van der Waals surface area (Å²) in [5.74, 6) is 0. The van der Waals surface area contributed by atoms with E-state index in [9.17, 15) is 0 Å². The Kier molecular flexibility index (Phi) is 12.5. The van der Waals surface area contributed by atoms with Gasteiger partial charge in [-0.1, -0.05) is 27.7 Å². The molecule has 0 aromatic heterocycles.